The number of hydrogen-bond acceptors (Lipinski definition) is 2. The van der Waals surface area contributed by atoms with Crippen molar-refractivity contribution in [3.8, 4) is 0 Å². The fourth-order valence-corrected chi connectivity index (χ4v) is 2.00. The Kier molecular flexibility index (Phi) is 2.91. The van der Waals surface area contributed by atoms with Crippen LogP contribution in [-0.2, 0) is 6.54 Å². The standard InChI is InChI=1S/C15H14FN3/c1-11-2-7-15-18-14(10-19(15)9-11)8-17-13-5-3-12(16)4-6-13/h2-7,9-10,17H,8H2,1H3. The maximum atomic E-state index is 12.8. The van der Waals surface area contributed by atoms with Gasteiger partial charge in [-0.25, -0.2) is 9.37 Å². The molecule has 0 saturated heterocycles. The molecule has 3 rings (SSSR count). The summed E-state index contributed by atoms with van der Waals surface area (Å²) >= 11 is 0. The lowest BCUT2D eigenvalue weighted by Gasteiger charge is -2.03. The quantitative estimate of drug-likeness (QED) is 0.777. The molecule has 3 nitrogen and oxygen atoms in total. The number of aryl methyl sites for hydroxylation is 1. The largest absolute Gasteiger partial charge is 0.379 e. The summed E-state index contributed by atoms with van der Waals surface area (Å²) in [6, 6.07) is 10.4. The van der Waals surface area contributed by atoms with Crippen molar-refractivity contribution in [2.75, 3.05) is 5.32 Å². The maximum Gasteiger partial charge on any atom is 0.137 e. The third kappa shape index (κ3) is 2.57. The van der Waals surface area contributed by atoms with Gasteiger partial charge in [0.2, 0.25) is 0 Å². The maximum absolute atomic E-state index is 12.8. The van der Waals surface area contributed by atoms with Crippen LogP contribution >= 0.6 is 0 Å². The Bertz CT molecular complexity index is 701. The molecule has 3 aromatic rings. The molecule has 0 aliphatic heterocycles. The SMILES string of the molecule is Cc1ccc2nc(CNc3ccc(F)cc3)cn2c1. The number of imidazole rings is 1. The molecule has 96 valence electrons. The first-order chi connectivity index (χ1) is 9.20. The van der Waals surface area contributed by atoms with Gasteiger partial charge in [-0.3, -0.25) is 0 Å². The van der Waals surface area contributed by atoms with Crippen LogP contribution in [0.4, 0.5) is 10.1 Å². The Morgan fingerprint density at radius 3 is 2.68 bits per heavy atom. The van der Waals surface area contributed by atoms with Crippen molar-refractivity contribution in [2.24, 2.45) is 0 Å². The van der Waals surface area contributed by atoms with Gasteiger partial charge >= 0.3 is 0 Å². The van der Waals surface area contributed by atoms with Crippen molar-refractivity contribution in [1.82, 2.24) is 9.38 Å². The molecule has 4 heteroatoms. The predicted molar refractivity (Wildman–Crippen MR) is 73.7 cm³/mol. The molecule has 0 bridgehead atoms. The van der Waals surface area contributed by atoms with Crippen LogP contribution in [0.25, 0.3) is 5.65 Å². The first-order valence-corrected chi connectivity index (χ1v) is 6.14. The minimum Gasteiger partial charge on any atom is -0.379 e. The molecule has 2 heterocycles. The minimum absolute atomic E-state index is 0.228. The predicted octanol–water partition coefficient (Wildman–Crippen LogP) is 3.39. The second-order valence-electron chi connectivity index (χ2n) is 4.56. The normalized spacial score (nSPS) is 10.8. The molecule has 0 amide bonds. The van der Waals surface area contributed by atoms with Crippen LogP contribution < -0.4 is 5.32 Å². The molecule has 0 atom stereocenters. The highest BCUT2D eigenvalue weighted by Gasteiger charge is 2.01. The fourth-order valence-electron chi connectivity index (χ4n) is 2.00. The van der Waals surface area contributed by atoms with E-state index < -0.39 is 0 Å². The zero-order chi connectivity index (χ0) is 13.2. The molecule has 0 fully saturated rings. The highest BCUT2D eigenvalue weighted by Crippen LogP contribution is 2.11. The second-order valence-corrected chi connectivity index (χ2v) is 4.56. The molecular formula is C15H14FN3. The van der Waals surface area contributed by atoms with Crippen LogP contribution in [0.1, 0.15) is 11.3 Å². The van der Waals surface area contributed by atoms with Gasteiger partial charge in [0, 0.05) is 18.1 Å². The van der Waals surface area contributed by atoms with Gasteiger partial charge in [0.25, 0.3) is 0 Å². The summed E-state index contributed by atoms with van der Waals surface area (Å²) in [7, 11) is 0. The highest BCUT2D eigenvalue weighted by molar-refractivity contribution is 5.45. The molecule has 1 N–H and O–H groups in total. The topological polar surface area (TPSA) is 29.3 Å². The number of pyridine rings is 1. The summed E-state index contributed by atoms with van der Waals surface area (Å²) in [6.07, 6.45) is 4.04. The molecular weight excluding hydrogens is 241 g/mol. The first kappa shape index (κ1) is 11.7. The van der Waals surface area contributed by atoms with E-state index in [0.717, 1.165) is 17.0 Å². The highest BCUT2D eigenvalue weighted by atomic mass is 19.1. The van der Waals surface area contributed by atoms with Crippen molar-refractivity contribution in [1.29, 1.82) is 0 Å². The molecule has 0 unspecified atom stereocenters. The van der Waals surface area contributed by atoms with Crippen molar-refractivity contribution >= 4 is 11.3 Å². The number of rotatable bonds is 3. The van der Waals surface area contributed by atoms with Crippen molar-refractivity contribution < 1.29 is 4.39 Å². The van der Waals surface area contributed by atoms with Gasteiger partial charge in [0.1, 0.15) is 11.5 Å². The molecule has 0 aliphatic rings. The Hall–Kier alpha value is -2.36. The molecule has 2 aromatic heterocycles. The molecule has 19 heavy (non-hydrogen) atoms. The average Bonchev–Trinajstić information content (AvgIpc) is 2.80. The van der Waals surface area contributed by atoms with Crippen LogP contribution in [0.5, 0.6) is 0 Å². The Balaban J connectivity index is 1.76. The lowest BCUT2D eigenvalue weighted by atomic mass is 10.3. The molecule has 0 spiro atoms. The number of nitrogens with one attached hydrogen (secondary N) is 1. The second kappa shape index (κ2) is 4.72. The van der Waals surface area contributed by atoms with E-state index in [2.05, 4.69) is 17.2 Å². The van der Waals surface area contributed by atoms with Gasteiger partial charge in [0.15, 0.2) is 0 Å². The molecule has 1 aromatic carbocycles. The molecule has 0 radical (unpaired) electrons. The lowest BCUT2D eigenvalue weighted by molar-refractivity contribution is 0.628. The van der Waals surface area contributed by atoms with Crippen LogP contribution in [0.3, 0.4) is 0 Å². The van der Waals surface area contributed by atoms with Crippen LogP contribution in [0.15, 0.2) is 48.8 Å². The van der Waals surface area contributed by atoms with E-state index in [1.165, 1.54) is 17.7 Å². The van der Waals surface area contributed by atoms with Crippen molar-refractivity contribution in [3.63, 3.8) is 0 Å². The van der Waals surface area contributed by atoms with Crippen LogP contribution in [0, 0.1) is 12.7 Å². The van der Waals surface area contributed by atoms with Crippen molar-refractivity contribution in [3.05, 3.63) is 65.9 Å². The number of halogens is 1. The number of nitrogens with zero attached hydrogens (tertiary/aromatic N) is 2. The van der Waals surface area contributed by atoms with Gasteiger partial charge in [-0.15, -0.1) is 0 Å². The Morgan fingerprint density at radius 1 is 1.11 bits per heavy atom. The average molecular weight is 255 g/mol. The number of hydrogen-bond donors (Lipinski definition) is 1. The molecule has 0 saturated carbocycles. The van der Waals surface area contributed by atoms with E-state index in [1.54, 1.807) is 12.1 Å². The van der Waals surface area contributed by atoms with Crippen LogP contribution in [0.2, 0.25) is 0 Å². The molecule has 0 aliphatic carbocycles. The third-order valence-corrected chi connectivity index (χ3v) is 2.97. The van der Waals surface area contributed by atoms with Crippen LogP contribution in [-0.4, -0.2) is 9.38 Å². The van der Waals surface area contributed by atoms with Crippen molar-refractivity contribution in [2.45, 2.75) is 13.5 Å². The van der Waals surface area contributed by atoms with Gasteiger partial charge in [0.05, 0.1) is 12.2 Å². The minimum atomic E-state index is -0.228. The first-order valence-electron chi connectivity index (χ1n) is 6.14. The summed E-state index contributed by atoms with van der Waals surface area (Å²) < 4.78 is 14.8. The monoisotopic (exact) mass is 255 g/mol. The summed E-state index contributed by atoms with van der Waals surface area (Å²) in [4.78, 5) is 4.51. The Labute approximate surface area is 110 Å². The van der Waals surface area contributed by atoms with E-state index in [-0.39, 0.29) is 5.82 Å². The van der Waals surface area contributed by atoms with E-state index in [1.807, 2.05) is 28.9 Å². The number of fused-ring (bicyclic) bond motifs is 1. The zero-order valence-corrected chi connectivity index (χ0v) is 10.6. The summed E-state index contributed by atoms with van der Waals surface area (Å²) in [5, 5.41) is 3.22. The van der Waals surface area contributed by atoms with Gasteiger partial charge in [-0.2, -0.15) is 0 Å². The zero-order valence-electron chi connectivity index (χ0n) is 10.6. The van der Waals surface area contributed by atoms with Gasteiger partial charge in [-0.05, 0) is 42.8 Å². The van der Waals surface area contributed by atoms with E-state index in [4.69, 9.17) is 0 Å². The number of benzene rings is 1. The van der Waals surface area contributed by atoms with Gasteiger partial charge < -0.3 is 9.72 Å². The summed E-state index contributed by atoms with van der Waals surface area (Å²) in [6.45, 7) is 2.67. The summed E-state index contributed by atoms with van der Waals surface area (Å²) in [5.74, 6) is -0.228. The number of anilines is 1. The fraction of sp³-hybridized carbons (Fsp3) is 0.133. The summed E-state index contributed by atoms with van der Waals surface area (Å²) in [5.41, 5.74) is 3.97. The van der Waals surface area contributed by atoms with E-state index >= 15 is 0 Å². The van der Waals surface area contributed by atoms with Gasteiger partial charge in [-0.1, -0.05) is 6.07 Å². The lowest BCUT2D eigenvalue weighted by Crippen LogP contribution is -1.99. The van der Waals surface area contributed by atoms with E-state index in [9.17, 15) is 4.39 Å². The third-order valence-electron chi connectivity index (χ3n) is 2.97. The Morgan fingerprint density at radius 2 is 1.89 bits per heavy atom. The van der Waals surface area contributed by atoms with E-state index in [0.29, 0.717) is 6.54 Å². The smallest absolute Gasteiger partial charge is 0.137 e. The number of aromatic nitrogens is 2.